The quantitative estimate of drug-likeness (QED) is 0.831. The molecule has 0 bridgehead atoms. The van der Waals surface area contributed by atoms with Gasteiger partial charge in [0.2, 0.25) is 11.7 Å². The van der Waals surface area contributed by atoms with Gasteiger partial charge in [-0.25, -0.2) is 0 Å². The fraction of sp³-hybridized carbons (Fsp3) is 0.429. The average molecular weight is 335 g/mol. The number of hydrogen-bond acceptors (Lipinski definition) is 5. The van der Waals surface area contributed by atoms with Gasteiger partial charge in [-0.05, 0) is 39.9 Å². The van der Waals surface area contributed by atoms with E-state index >= 15 is 0 Å². The molecule has 104 valence electrons. The minimum atomic E-state index is -0.133. The first-order valence-corrected chi connectivity index (χ1v) is 7.17. The van der Waals surface area contributed by atoms with Crippen LogP contribution in [0, 0.1) is 16.7 Å². The summed E-state index contributed by atoms with van der Waals surface area (Å²) in [7, 11) is 0. The van der Waals surface area contributed by atoms with Crippen LogP contribution < -0.4 is 0 Å². The Balaban J connectivity index is 2.17. The van der Waals surface area contributed by atoms with Gasteiger partial charge in [0, 0.05) is 23.5 Å². The zero-order chi connectivity index (χ0) is 14.6. The summed E-state index contributed by atoms with van der Waals surface area (Å²) >= 11 is 3.33. The molecule has 1 atom stereocenters. The van der Waals surface area contributed by atoms with Crippen LogP contribution in [0.3, 0.4) is 0 Å². The highest BCUT2D eigenvalue weighted by atomic mass is 79.9. The third-order valence-electron chi connectivity index (χ3n) is 3.36. The molecule has 1 unspecified atom stereocenters. The summed E-state index contributed by atoms with van der Waals surface area (Å²) in [5.41, 5.74) is 0.535. The standard InChI is InChI=1S/C14H15BrN4O/c1-3-14(2,6-7-16)8-12-18-13(19-20-12)11-5-4-10(15)9-17-11/h4-5,9H,3,6,8H2,1-2H3. The van der Waals surface area contributed by atoms with Crippen LogP contribution in [-0.4, -0.2) is 15.1 Å². The van der Waals surface area contributed by atoms with Crippen molar-refractivity contribution in [2.24, 2.45) is 5.41 Å². The summed E-state index contributed by atoms with van der Waals surface area (Å²) in [5, 5.41) is 12.8. The van der Waals surface area contributed by atoms with Gasteiger partial charge < -0.3 is 4.52 Å². The second kappa shape index (κ2) is 6.14. The number of nitriles is 1. The Morgan fingerprint density at radius 1 is 1.45 bits per heavy atom. The van der Waals surface area contributed by atoms with Crippen LogP contribution in [0.25, 0.3) is 11.5 Å². The first kappa shape index (κ1) is 14.7. The van der Waals surface area contributed by atoms with Gasteiger partial charge in [-0.2, -0.15) is 10.2 Å². The molecule has 20 heavy (non-hydrogen) atoms. The second-order valence-corrected chi connectivity index (χ2v) is 5.96. The minimum Gasteiger partial charge on any atom is -0.339 e. The molecule has 2 aromatic heterocycles. The molecule has 0 fully saturated rings. The molecule has 0 aliphatic carbocycles. The van der Waals surface area contributed by atoms with Crippen LogP contribution in [0.1, 0.15) is 32.6 Å². The second-order valence-electron chi connectivity index (χ2n) is 5.05. The fourth-order valence-electron chi connectivity index (χ4n) is 1.81. The van der Waals surface area contributed by atoms with E-state index in [1.54, 1.807) is 6.20 Å². The summed E-state index contributed by atoms with van der Waals surface area (Å²) in [6.07, 6.45) is 3.64. The molecular weight excluding hydrogens is 320 g/mol. The minimum absolute atomic E-state index is 0.133. The van der Waals surface area contributed by atoms with Crippen molar-refractivity contribution in [3.8, 4) is 17.6 Å². The van der Waals surface area contributed by atoms with Crippen molar-refractivity contribution < 1.29 is 4.52 Å². The topological polar surface area (TPSA) is 75.6 Å². The lowest BCUT2D eigenvalue weighted by Crippen LogP contribution is -2.18. The Morgan fingerprint density at radius 2 is 2.25 bits per heavy atom. The van der Waals surface area contributed by atoms with Crippen molar-refractivity contribution in [3.05, 3.63) is 28.7 Å². The average Bonchev–Trinajstić information content (AvgIpc) is 2.88. The predicted octanol–water partition coefficient (Wildman–Crippen LogP) is 3.77. The SMILES string of the molecule is CCC(C)(CC#N)Cc1nc(-c2ccc(Br)cn2)no1. The van der Waals surface area contributed by atoms with Crippen molar-refractivity contribution in [2.75, 3.05) is 0 Å². The van der Waals surface area contributed by atoms with E-state index in [4.69, 9.17) is 9.78 Å². The van der Waals surface area contributed by atoms with Crippen molar-refractivity contribution in [1.82, 2.24) is 15.1 Å². The molecule has 2 heterocycles. The molecule has 0 N–H and O–H groups in total. The molecule has 2 rings (SSSR count). The summed E-state index contributed by atoms with van der Waals surface area (Å²) in [6, 6.07) is 5.92. The first-order valence-electron chi connectivity index (χ1n) is 6.38. The number of hydrogen-bond donors (Lipinski definition) is 0. The third kappa shape index (κ3) is 3.42. The zero-order valence-corrected chi connectivity index (χ0v) is 13.0. The lowest BCUT2D eigenvalue weighted by molar-refractivity contribution is 0.266. The normalized spacial score (nSPS) is 13.7. The Morgan fingerprint density at radius 3 is 2.85 bits per heavy atom. The molecular formula is C14H15BrN4O. The van der Waals surface area contributed by atoms with Crippen LogP contribution in [0.2, 0.25) is 0 Å². The third-order valence-corrected chi connectivity index (χ3v) is 3.83. The molecule has 0 aliphatic rings. The van der Waals surface area contributed by atoms with E-state index in [1.165, 1.54) is 0 Å². The highest BCUT2D eigenvalue weighted by Gasteiger charge is 2.25. The Kier molecular flexibility index (Phi) is 4.50. The van der Waals surface area contributed by atoms with E-state index in [-0.39, 0.29) is 5.41 Å². The van der Waals surface area contributed by atoms with Crippen molar-refractivity contribution >= 4 is 15.9 Å². The summed E-state index contributed by atoms with van der Waals surface area (Å²) in [6.45, 7) is 4.11. The molecule has 0 aliphatic heterocycles. The van der Waals surface area contributed by atoms with E-state index in [0.717, 1.165) is 10.9 Å². The molecule has 0 aromatic carbocycles. The highest BCUT2D eigenvalue weighted by Crippen LogP contribution is 2.30. The fourth-order valence-corrected chi connectivity index (χ4v) is 2.04. The van der Waals surface area contributed by atoms with Crippen molar-refractivity contribution in [1.29, 1.82) is 5.26 Å². The maximum Gasteiger partial charge on any atom is 0.227 e. The molecule has 5 nitrogen and oxygen atoms in total. The highest BCUT2D eigenvalue weighted by molar-refractivity contribution is 9.10. The zero-order valence-electron chi connectivity index (χ0n) is 11.4. The van der Waals surface area contributed by atoms with E-state index < -0.39 is 0 Å². The first-order chi connectivity index (χ1) is 9.56. The number of aromatic nitrogens is 3. The van der Waals surface area contributed by atoms with E-state index in [1.807, 2.05) is 12.1 Å². The summed E-state index contributed by atoms with van der Waals surface area (Å²) in [5.74, 6) is 1.02. The summed E-state index contributed by atoms with van der Waals surface area (Å²) in [4.78, 5) is 8.59. The maximum absolute atomic E-state index is 8.89. The molecule has 6 heteroatoms. The smallest absolute Gasteiger partial charge is 0.227 e. The van der Waals surface area contributed by atoms with Crippen LogP contribution in [0.4, 0.5) is 0 Å². The van der Waals surface area contributed by atoms with Gasteiger partial charge in [-0.3, -0.25) is 4.98 Å². The predicted molar refractivity (Wildman–Crippen MR) is 77.6 cm³/mol. The lowest BCUT2D eigenvalue weighted by Gasteiger charge is -2.22. The molecule has 0 radical (unpaired) electrons. The molecule has 2 aromatic rings. The molecule has 0 saturated heterocycles. The Hall–Kier alpha value is -1.74. The van der Waals surface area contributed by atoms with Crippen LogP contribution in [0.5, 0.6) is 0 Å². The maximum atomic E-state index is 8.89. The van der Waals surface area contributed by atoms with E-state index in [9.17, 15) is 0 Å². The van der Waals surface area contributed by atoms with Gasteiger partial charge in [0.05, 0.1) is 6.07 Å². The number of rotatable bonds is 5. The number of halogens is 1. The van der Waals surface area contributed by atoms with Gasteiger partial charge in [-0.1, -0.05) is 19.0 Å². The Bertz CT molecular complexity index is 617. The lowest BCUT2D eigenvalue weighted by atomic mass is 9.81. The van der Waals surface area contributed by atoms with Crippen LogP contribution >= 0.6 is 15.9 Å². The van der Waals surface area contributed by atoms with Crippen molar-refractivity contribution in [2.45, 2.75) is 33.1 Å². The molecule has 0 amide bonds. The van der Waals surface area contributed by atoms with E-state index in [0.29, 0.717) is 30.3 Å². The van der Waals surface area contributed by atoms with Gasteiger partial charge in [0.1, 0.15) is 5.69 Å². The van der Waals surface area contributed by atoms with Gasteiger partial charge in [-0.15, -0.1) is 0 Å². The van der Waals surface area contributed by atoms with Gasteiger partial charge in [0.25, 0.3) is 0 Å². The van der Waals surface area contributed by atoms with Crippen LogP contribution in [0.15, 0.2) is 27.3 Å². The number of nitrogens with zero attached hydrogens (tertiary/aromatic N) is 4. The largest absolute Gasteiger partial charge is 0.339 e. The molecule has 0 saturated carbocycles. The van der Waals surface area contributed by atoms with Gasteiger partial charge >= 0.3 is 0 Å². The van der Waals surface area contributed by atoms with Gasteiger partial charge in [0.15, 0.2) is 0 Å². The number of pyridine rings is 1. The van der Waals surface area contributed by atoms with E-state index in [2.05, 4.69) is 51.0 Å². The Labute approximate surface area is 126 Å². The van der Waals surface area contributed by atoms with Crippen molar-refractivity contribution in [3.63, 3.8) is 0 Å². The van der Waals surface area contributed by atoms with Crippen LogP contribution in [-0.2, 0) is 6.42 Å². The monoisotopic (exact) mass is 334 g/mol. The molecule has 0 spiro atoms. The summed E-state index contributed by atoms with van der Waals surface area (Å²) < 4.78 is 6.17.